The van der Waals surface area contributed by atoms with Gasteiger partial charge in [-0.15, -0.1) is 13.2 Å². The van der Waals surface area contributed by atoms with Gasteiger partial charge in [0.1, 0.15) is 11.6 Å². The summed E-state index contributed by atoms with van der Waals surface area (Å²) in [4.78, 5) is 10.3. The normalized spacial score (nSPS) is 11.4. The van der Waals surface area contributed by atoms with E-state index in [0.717, 1.165) is 18.2 Å². The van der Waals surface area contributed by atoms with Crippen molar-refractivity contribution in [3.05, 3.63) is 29.6 Å². The molecule has 1 rings (SSSR count). The molecule has 0 bridgehead atoms. The highest BCUT2D eigenvalue weighted by molar-refractivity contribution is 5.66. The van der Waals surface area contributed by atoms with Crippen LogP contribution in [0.5, 0.6) is 5.75 Å². The maximum Gasteiger partial charge on any atom is 0.573 e. The van der Waals surface area contributed by atoms with Gasteiger partial charge in [0.15, 0.2) is 0 Å². The Hall–Kier alpha value is -1.83. The second-order valence-corrected chi connectivity index (χ2v) is 3.94. The van der Waals surface area contributed by atoms with Crippen LogP contribution < -0.4 is 10.1 Å². The number of carboxylic acids is 1. The first-order chi connectivity index (χ1) is 9.29. The van der Waals surface area contributed by atoms with Gasteiger partial charge in [-0.25, -0.2) is 4.39 Å². The Kier molecular flexibility index (Phi) is 5.75. The predicted molar refractivity (Wildman–Crippen MR) is 61.7 cm³/mol. The van der Waals surface area contributed by atoms with E-state index in [-0.39, 0.29) is 25.1 Å². The van der Waals surface area contributed by atoms with Crippen molar-refractivity contribution in [1.82, 2.24) is 5.32 Å². The second kappa shape index (κ2) is 7.09. The zero-order valence-corrected chi connectivity index (χ0v) is 10.3. The Morgan fingerprint density at radius 1 is 1.35 bits per heavy atom. The number of halogens is 4. The zero-order valence-electron chi connectivity index (χ0n) is 10.3. The van der Waals surface area contributed by atoms with Crippen molar-refractivity contribution in [2.45, 2.75) is 25.7 Å². The average molecular weight is 295 g/mol. The summed E-state index contributed by atoms with van der Waals surface area (Å²) >= 11 is 0. The van der Waals surface area contributed by atoms with E-state index in [1.54, 1.807) is 0 Å². The Morgan fingerprint density at radius 3 is 2.65 bits per heavy atom. The second-order valence-electron chi connectivity index (χ2n) is 3.94. The molecule has 0 aliphatic carbocycles. The van der Waals surface area contributed by atoms with E-state index in [0.29, 0.717) is 6.42 Å². The van der Waals surface area contributed by atoms with Crippen LogP contribution in [0.25, 0.3) is 0 Å². The van der Waals surface area contributed by atoms with E-state index in [4.69, 9.17) is 5.11 Å². The molecule has 1 aromatic rings. The maximum atomic E-state index is 13.5. The minimum atomic E-state index is -4.90. The first kappa shape index (κ1) is 16.2. The lowest BCUT2D eigenvalue weighted by molar-refractivity contribution is -0.275. The number of nitrogens with one attached hydrogen (secondary N) is 1. The molecule has 0 amide bonds. The van der Waals surface area contributed by atoms with Gasteiger partial charge in [-0.2, -0.15) is 0 Å². The summed E-state index contributed by atoms with van der Waals surface area (Å²) in [6, 6.07) is 3.16. The van der Waals surface area contributed by atoms with Crippen molar-refractivity contribution < 1.29 is 32.2 Å². The fourth-order valence-corrected chi connectivity index (χ4v) is 1.51. The molecule has 0 aliphatic rings. The Bertz CT molecular complexity index is 463. The van der Waals surface area contributed by atoms with Crippen molar-refractivity contribution in [3.63, 3.8) is 0 Å². The molecule has 0 fully saturated rings. The minimum Gasteiger partial charge on any atom is -0.481 e. The van der Waals surface area contributed by atoms with Crippen LogP contribution in [0.3, 0.4) is 0 Å². The molecular formula is C12H13F4NO3. The van der Waals surface area contributed by atoms with Gasteiger partial charge >= 0.3 is 12.3 Å². The van der Waals surface area contributed by atoms with Gasteiger partial charge in [-0.05, 0) is 25.1 Å². The van der Waals surface area contributed by atoms with Crippen LogP contribution in [0.4, 0.5) is 17.6 Å². The maximum absolute atomic E-state index is 13.5. The first-order valence-electron chi connectivity index (χ1n) is 5.75. The summed E-state index contributed by atoms with van der Waals surface area (Å²) in [6.07, 6.45) is -4.68. The van der Waals surface area contributed by atoms with Crippen molar-refractivity contribution in [3.8, 4) is 5.75 Å². The number of rotatable bonds is 7. The topological polar surface area (TPSA) is 58.6 Å². The quantitative estimate of drug-likeness (QED) is 0.600. The lowest BCUT2D eigenvalue weighted by atomic mass is 10.2. The number of benzene rings is 1. The molecule has 0 saturated carbocycles. The summed E-state index contributed by atoms with van der Waals surface area (Å²) in [6.45, 7) is 0.0593. The highest BCUT2D eigenvalue weighted by atomic mass is 19.4. The fraction of sp³-hybridized carbons (Fsp3) is 0.417. The van der Waals surface area contributed by atoms with E-state index in [9.17, 15) is 22.4 Å². The van der Waals surface area contributed by atoms with Crippen molar-refractivity contribution >= 4 is 5.97 Å². The molecule has 0 spiro atoms. The number of alkyl halides is 3. The molecule has 4 nitrogen and oxygen atoms in total. The van der Waals surface area contributed by atoms with E-state index in [1.165, 1.54) is 0 Å². The molecule has 2 N–H and O–H groups in total. The van der Waals surface area contributed by atoms with Crippen LogP contribution in [0.2, 0.25) is 0 Å². The minimum absolute atomic E-state index is 0.0732. The van der Waals surface area contributed by atoms with Crippen LogP contribution in [0.15, 0.2) is 18.2 Å². The highest BCUT2D eigenvalue weighted by Gasteiger charge is 2.32. The lowest BCUT2D eigenvalue weighted by Gasteiger charge is -2.14. The molecule has 112 valence electrons. The van der Waals surface area contributed by atoms with Crippen LogP contribution in [0.1, 0.15) is 18.4 Å². The molecule has 8 heteroatoms. The summed E-state index contributed by atoms with van der Waals surface area (Å²) in [5, 5.41) is 11.1. The number of hydrogen-bond acceptors (Lipinski definition) is 3. The van der Waals surface area contributed by atoms with Gasteiger partial charge in [0, 0.05) is 18.5 Å². The van der Waals surface area contributed by atoms with Gasteiger partial charge in [-0.1, -0.05) is 6.07 Å². The van der Waals surface area contributed by atoms with E-state index in [1.807, 2.05) is 0 Å². The number of hydrogen-bond donors (Lipinski definition) is 2. The standard InChI is InChI=1S/C12H13F4NO3/c13-9-3-1-4-10(20-12(14,15)16)8(9)7-17-6-2-5-11(18)19/h1,3-4,17H,2,5-7H2,(H,18,19). The summed E-state index contributed by atoms with van der Waals surface area (Å²) < 4.78 is 53.7. The van der Waals surface area contributed by atoms with Crippen molar-refractivity contribution in [1.29, 1.82) is 0 Å². The van der Waals surface area contributed by atoms with Gasteiger partial charge in [-0.3, -0.25) is 4.79 Å². The third kappa shape index (κ3) is 5.87. The molecule has 0 aliphatic heterocycles. The summed E-state index contributed by atoms with van der Waals surface area (Å²) in [7, 11) is 0. The fourth-order valence-electron chi connectivity index (χ4n) is 1.51. The van der Waals surface area contributed by atoms with E-state index in [2.05, 4.69) is 10.1 Å². The van der Waals surface area contributed by atoms with Crippen LogP contribution in [0, 0.1) is 5.82 Å². The zero-order chi connectivity index (χ0) is 15.2. The van der Waals surface area contributed by atoms with Crippen molar-refractivity contribution in [2.24, 2.45) is 0 Å². The Balaban J connectivity index is 2.61. The van der Waals surface area contributed by atoms with E-state index >= 15 is 0 Å². The largest absolute Gasteiger partial charge is 0.573 e. The Labute approximate surface area is 112 Å². The van der Waals surface area contributed by atoms with Crippen LogP contribution in [-0.4, -0.2) is 24.0 Å². The van der Waals surface area contributed by atoms with Crippen LogP contribution >= 0.6 is 0 Å². The molecule has 1 aromatic carbocycles. The number of aliphatic carboxylic acids is 1. The molecular weight excluding hydrogens is 282 g/mol. The van der Waals surface area contributed by atoms with E-state index < -0.39 is 23.9 Å². The highest BCUT2D eigenvalue weighted by Crippen LogP contribution is 2.27. The Morgan fingerprint density at radius 2 is 2.05 bits per heavy atom. The summed E-state index contributed by atoms with van der Waals surface area (Å²) in [5.74, 6) is -2.40. The average Bonchev–Trinajstić information content (AvgIpc) is 2.29. The third-order valence-corrected chi connectivity index (χ3v) is 2.35. The lowest BCUT2D eigenvalue weighted by Crippen LogP contribution is -2.21. The monoisotopic (exact) mass is 295 g/mol. The van der Waals surface area contributed by atoms with Crippen LogP contribution in [-0.2, 0) is 11.3 Å². The van der Waals surface area contributed by atoms with Gasteiger partial charge in [0.2, 0.25) is 0 Å². The molecule has 0 atom stereocenters. The SMILES string of the molecule is O=C(O)CCCNCc1c(F)cccc1OC(F)(F)F. The molecule has 0 heterocycles. The number of carbonyl (C=O) groups is 1. The van der Waals surface area contributed by atoms with Gasteiger partial charge < -0.3 is 15.2 Å². The number of carboxylic acid groups (broad SMARTS) is 1. The smallest absolute Gasteiger partial charge is 0.481 e. The molecule has 0 unspecified atom stereocenters. The number of ether oxygens (including phenoxy) is 1. The van der Waals surface area contributed by atoms with Gasteiger partial charge in [0.25, 0.3) is 0 Å². The first-order valence-corrected chi connectivity index (χ1v) is 5.75. The molecule has 0 saturated heterocycles. The van der Waals surface area contributed by atoms with Crippen molar-refractivity contribution in [2.75, 3.05) is 6.54 Å². The molecule has 0 aromatic heterocycles. The predicted octanol–water partition coefficient (Wildman–Crippen LogP) is 2.68. The van der Waals surface area contributed by atoms with Gasteiger partial charge in [0.05, 0.1) is 0 Å². The third-order valence-electron chi connectivity index (χ3n) is 2.35. The molecule has 0 radical (unpaired) electrons. The summed E-state index contributed by atoms with van der Waals surface area (Å²) in [5.41, 5.74) is -0.250. The molecule has 20 heavy (non-hydrogen) atoms.